The van der Waals surface area contributed by atoms with E-state index in [-0.39, 0.29) is 5.91 Å². The zero-order valence-corrected chi connectivity index (χ0v) is 20.2. The molecule has 0 aromatic carbocycles. The van der Waals surface area contributed by atoms with Gasteiger partial charge >= 0.3 is 11.3 Å². The number of hydroxylamine groups is 1. The molecule has 10 heteroatoms. The SMILES string of the molecule is O=C(NC1C2C3CC4CC3CC12C4)c1cnn(CCC2=NS(=O)ON2)c1OCC1CCCCC1. The molecule has 6 aliphatic carbocycles. The molecule has 34 heavy (non-hydrogen) atoms. The summed E-state index contributed by atoms with van der Waals surface area (Å²) in [5, 5.41) is 7.90. The first kappa shape index (κ1) is 21.4. The van der Waals surface area contributed by atoms with Crippen LogP contribution in [0, 0.1) is 35.0 Å². The van der Waals surface area contributed by atoms with Crippen LogP contribution in [0.15, 0.2) is 10.6 Å². The fraction of sp³-hybridized carbons (Fsp3) is 0.792. The van der Waals surface area contributed by atoms with Gasteiger partial charge in [-0.1, -0.05) is 19.3 Å². The van der Waals surface area contributed by atoms with Crippen molar-refractivity contribution in [2.45, 2.75) is 76.8 Å². The third-order valence-electron chi connectivity index (χ3n) is 9.63. The van der Waals surface area contributed by atoms with Crippen LogP contribution in [0.25, 0.3) is 0 Å². The van der Waals surface area contributed by atoms with E-state index in [1.165, 1.54) is 57.8 Å². The Labute approximate surface area is 202 Å². The summed E-state index contributed by atoms with van der Waals surface area (Å²) < 4.78 is 28.1. The summed E-state index contributed by atoms with van der Waals surface area (Å²) in [6, 6.07) is 0.324. The second-order valence-electron chi connectivity index (χ2n) is 11.5. The first-order valence-electron chi connectivity index (χ1n) is 13.0. The lowest BCUT2D eigenvalue weighted by Gasteiger charge is -2.27. The predicted molar refractivity (Wildman–Crippen MR) is 125 cm³/mol. The number of aryl methyl sites for hydroxylation is 1. The first-order chi connectivity index (χ1) is 16.6. The Morgan fingerprint density at radius 2 is 2.18 bits per heavy atom. The number of amidine groups is 1. The summed E-state index contributed by atoms with van der Waals surface area (Å²) >= 11 is -1.68. The lowest BCUT2D eigenvalue weighted by atomic mass is 9.79. The van der Waals surface area contributed by atoms with E-state index in [9.17, 15) is 9.00 Å². The number of amides is 1. The smallest absolute Gasteiger partial charge is 0.309 e. The van der Waals surface area contributed by atoms with Crippen molar-refractivity contribution < 1.29 is 18.0 Å². The Balaban J connectivity index is 1.07. The van der Waals surface area contributed by atoms with Gasteiger partial charge < -0.3 is 10.1 Å². The van der Waals surface area contributed by atoms with Crippen molar-refractivity contribution in [1.82, 2.24) is 20.6 Å². The average molecular weight is 488 g/mol. The molecule has 8 rings (SSSR count). The van der Waals surface area contributed by atoms with Gasteiger partial charge in [-0.25, -0.2) is 14.4 Å². The standard InChI is InChI=1S/C24H33N5O4S/c30-22(26-21-20-17-9-15-8-16(17)11-24(20,21)10-15)18-12-25-29(7-6-19-27-33-34(31)28-19)23(18)32-13-14-4-2-1-3-5-14/h12,14-17,20-21H,1-11,13H2,(H,26,30)(H,27,28). The Kier molecular flexibility index (Phi) is 5.05. The van der Waals surface area contributed by atoms with E-state index in [2.05, 4.69) is 20.3 Å². The number of nitrogens with one attached hydrogen (secondary N) is 2. The predicted octanol–water partition coefficient (Wildman–Crippen LogP) is 2.91. The maximum Gasteiger partial charge on any atom is 0.309 e. The van der Waals surface area contributed by atoms with Crippen LogP contribution >= 0.6 is 0 Å². The fourth-order valence-electron chi connectivity index (χ4n) is 8.31. The molecule has 7 atom stereocenters. The van der Waals surface area contributed by atoms with Gasteiger partial charge in [-0.05, 0) is 73.5 Å². The van der Waals surface area contributed by atoms with Crippen molar-refractivity contribution >= 4 is 23.0 Å². The number of nitrogens with zero attached hydrogens (tertiary/aromatic N) is 3. The van der Waals surface area contributed by atoms with E-state index in [0.29, 0.717) is 60.1 Å². The lowest BCUT2D eigenvalue weighted by Crippen LogP contribution is -2.33. The van der Waals surface area contributed by atoms with Gasteiger partial charge in [0.25, 0.3) is 5.91 Å². The molecule has 184 valence electrons. The van der Waals surface area contributed by atoms with Gasteiger partial charge in [-0.2, -0.15) is 9.38 Å². The molecule has 7 aliphatic rings. The molecule has 1 amide bonds. The van der Waals surface area contributed by atoms with Gasteiger partial charge in [-0.3, -0.25) is 4.79 Å². The zero-order chi connectivity index (χ0) is 22.9. The van der Waals surface area contributed by atoms with Crippen LogP contribution in [0.5, 0.6) is 5.88 Å². The Bertz CT molecular complexity index is 1050. The van der Waals surface area contributed by atoms with Gasteiger partial charge in [0.15, 0.2) is 0 Å². The fourth-order valence-corrected chi connectivity index (χ4v) is 8.83. The number of carbonyl (C=O) groups excluding carboxylic acids is 1. The van der Waals surface area contributed by atoms with Crippen molar-refractivity contribution in [2.24, 2.45) is 39.4 Å². The molecule has 1 aromatic rings. The molecule has 2 N–H and O–H groups in total. The van der Waals surface area contributed by atoms with Crippen LogP contribution < -0.4 is 15.5 Å². The molecule has 0 radical (unpaired) electrons. The maximum atomic E-state index is 13.5. The van der Waals surface area contributed by atoms with Crippen molar-refractivity contribution in [3.63, 3.8) is 0 Å². The highest BCUT2D eigenvalue weighted by molar-refractivity contribution is 7.79. The molecular weight excluding hydrogens is 454 g/mol. The van der Waals surface area contributed by atoms with Gasteiger partial charge in [0.1, 0.15) is 11.4 Å². The van der Waals surface area contributed by atoms with E-state index < -0.39 is 11.3 Å². The molecule has 1 spiro atoms. The molecular formula is C24H33N5O4S. The quantitative estimate of drug-likeness (QED) is 0.584. The monoisotopic (exact) mass is 487 g/mol. The summed E-state index contributed by atoms with van der Waals surface area (Å²) in [5.74, 6) is 4.85. The van der Waals surface area contributed by atoms with E-state index >= 15 is 0 Å². The van der Waals surface area contributed by atoms with E-state index in [1.807, 2.05) is 0 Å². The highest BCUT2D eigenvalue weighted by atomic mass is 32.2. The lowest BCUT2D eigenvalue weighted by molar-refractivity contribution is 0.0928. The normalized spacial score (nSPS) is 39.6. The second kappa shape index (κ2) is 8.05. The van der Waals surface area contributed by atoms with Gasteiger partial charge in [0.05, 0.1) is 19.3 Å². The molecule has 0 saturated heterocycles. The molecule has 1 aliphatic heterocycles. The molecule has 2 heterocycles. The molecule has 1 aromatic heterocycles. The largest absolute Gasteiger partial charge is 0.477 e. The molecule has 6 saturated carbocycles. The minimum absolute atomic E-state index is 0.0567. The number of carbonyl (C=O) groups is 1. The van der Waals surface area contributed by atoms with Crippen LogP contribution in [0.1, 0.15) is 74.6 Å². The Hall–Kier alpha value is -1.94. The van der Waals surface area contributed by atoms with Gasteiger partial charge in [-0.15, -0.1) is 4.40 Å². The molecule has 7 unspecified atom stereocenters. The highest BCUT2D eigenvalue weighted by Crippen LogP contribution is 2.79. The van der Waals surface area contributed by atoms with Crippen LogP contribution in [-0.4, -0.2) is 38.4 Å². The summed E-state index contributed by atoms with van der Waals surface area (Å²) in [7, 11) is 0. The van der Waals surface area contributed by atoms with Crippen molar-refractivity contribution in [3.05, 3.63) is 11.8 Å². The van der Waals surface area contributed by atoms with Gasteiger partial charge in [0, 0.05) is 12.5 Å². The minimum atomic E-state index is -1.68. The minimum Gasteiger partial charge on any atom is -0.477 e. The number of ether oxygens (including phenoxy) is 1. The first-order valence-corrected chi connectivity index (χ1v) is 14.1. The Morgan fingerprint density at radius 3 is 3.00 bits per heavy atom. The van der Waals surface area contributed by atoms with Crippen LogP contribution in [0.3, 0.4) is 0 Å². The van der Waals surface area contributed by atoms with E-state index in [1.54, 1.807) is 10.9 Å². The summed E-state index contributed by atoms with van der Waals surface area (Å²) in [6.07, 6.45) is 13.7. The van der Waals surface area contributed by atoms with Crippen LogP contribution in [-0.2, 0) is 22.1 Å². The van der Waals surface area contributed by atoms with Crippen LogP contribution in [0.2, 0.25) is 0 Å². The van der Waals surface area contributed by atoms with E-state index in [0.717, 1.165) is 17.8 Å². The number of rotatable bonds is 8. The molecule has 9 nitrogen and oxygen atoms in total. The maximum absolute atomic E-state index is 13.5. The third-order valence-corrected chi connectivity index (χ3v) is 10.2. The average Bonchev–Trinajstić information content (AvgIpc) is 3.28. The zero-order valence-electron chi connectivity index (χ0n) is 19.4. The van der Waals surface area contributed by atoms with Crippen molar-refractivity contribution in [1.29, 1.82) is 0 Å². The third kappa shape index (κ3) is 3.43. The summed E-state index contributed by atoms with van der Waals surface area (Å²) in [6.45, 7) is 1.07. The topological polar surface area (TPSA) is 107 Å². The van der Waals surface area contributed by atoms with Crippen LogP contribution in [0.4, 0.5) is 0 Å². The van der Waals surface area contributed by atoms with Crippen molar-refractivity contribution in [3.8, 4) is 5.88 Å². The molecule has 6 fully saturated rings. The number of hydrogen-bond acceptors (Lipinski definition) is 6. The van der Waals surface area contributed by atoms with Crippen molar-refractivity contribution in [2.75, 3.05) is 6.61 Å². The van der Waals surface area contributed by atoms with E-state index in [4.69, 9.17) is 9.02 Å². The summed E-state index contributed by atoms with van der Waals surface area (Å²) in [5.41, 5.74) is 3.49. The Morgan fingerprint density at radius 1 is 1.29 bits per heavy atom. The summed E-state index contributed by atoms with van der Waals surface area (Å²) in [4.78, 5) is 13.5. The number of hydrogen-bond donors (Lipinski definition) is 2. The molecule has 4 bridgehead atoms. The van der Waals surface area contributed by atoms with Gasteiger partial charge in [0.2, 0.25) is 5.88 Å². The highest BCUT2D eigenvalue weighted by Gasteiger charge is 2.77. The number of aromatic nitrogens is 2. The second-order valence-corrected chi connectivity index (χ2v) is 12.3.